The number of benzene rings is 2. The molecule has 0 spiro atoms. The molecule has 2 aromatic carbocycles. The molecule has 1 aromatic heterocycles. The number of thioether (sulfide) groups is 1. The Labute approximate surface area is 177 Å². The maximum atomic E-state index is 12.3. The number of hydrogen-bond donors (Lipinski definition) is 2. The summed E-state index contributed by atoms with van der Waals surface area (Å²) in [5.74, 6) is 0.866. The quantitative estimate of drug-likeness (QED) is 0.522. The van der Waals surface area contributed by atoms with Gasteiger partial charge in [0.2, 0.25) is 5.91 Å². The molecule has 0 radical (unpaired) electrons. The van der Waals surface area contributed by atoms with E-state index in [2.05, 4.69) is 20.8 Å². The number of nitrogens with one attached hydrogen (secondary N) is 2. The summed E-state index contributed by atoms with van der Waals surface area (Å²) in [7, 11) is 1.88. The normalized spacial score (nSPS) is 10.7. The number of anilines is 2. The summed E-state index contributed by atoms with van der Waals surface area (Å²) in [5.41, 5.74) is 2.50. The summed E-state index contributed by atoms with van der Waals surface area (Å²) in [5, 5.41) is 16.5. The molecule has 0 bridgehead atoms. The Morgan fingerprint density at radius 3 is 2.64 bits per heavy atom. The smallest absolute Gasteiger partial charge is 0.234 e. The van der Waals surface area contributed by atoms with Crippen molar-refractivity contribution in [1.29, 1.82) is 0 Å². The predicted molar refractivity (Wildman–Crippen MR) is 115 cm³/mol. The van der Waals surface area contributed by atoms with E-state index in [1.54, 1.807) is 12.1 Å². The minimum Gasteiger partial charge on any atom is -0.378 e. The highest BCUT2D eigenvalue weighted by Gasteiger charge is 2.12. The van der Waals surface area contributed by atoms with Crippen LogP contribution in [0.15, 0.2) is 47.6 Å². The zero-order valence-electron chi connectivity index (χ0n) is 15.4. The fraction of sp³-hybridized carbons (Fsp3) is 0.211. The molecule has 1 amide bonds. The fourth-order valence-corrected chi connectivity index (χ4v) is 3.46. The molecule has 146 valence electrons. The van der Waals surface area contributed by atoms with Gasteiger partial charge in [-0.2, -0.15) is 0 Å². The van der Waals surface area contributed by atoms with Gasteiger partial charge in [0.1, 0.15) is 0 Å². The van der Waals surface area contributed by atoms with Gasteiger partial charge in [-0.15, -0.1) is 10.2 Å². The van der Waals surface area contributed by atoms with Gasteiger partial charge in [0.05, 0.1) is 12.3 Å². The Morgan fingerprint density at radius 1 is 1.14 bits per heavy atom. The third-order valence-corrected chi connectivity index (χ3v) is 5.78. The van der Waals surface area contributed by atoms with Gasteiger partial charge >= 0.3 is 0 Å². The van der Waals surface area contributed by atoms with Crippen molar-refractivity contribution in [3.63, 3.8) is 0 Å². The van der Waals surface area contributed by atoms with Gasteiger partial charge in [-0.1, -0.05) is 41.0 Å². The first-order valence-corrected chi connectivity index (χ1v) is 10.2. The second-order valence-corrected chi connectivity index (χ2v) is 7.85. The van der Waals surface area contributed by atoms with E-state index in [9.17, 15) is 4.79 Å². The molecule has 3 rings (SSSR count). The van der Waals surface area contributed by atoms with Crippen LogP contribution in [0.3, 0.4) is 0 Å². The molecule has 3 aromatic rings. The maximum absolute atomic E-state index is 12.3. The summed E-state index contributed by atoms with van der Waals surface area (Å²) in [6, 6.07) is 12.9. The van der Waals surface area contributed by atoms with Crippen LogP contribution in [0.1, 0.15) is 11.4 Å². The van der Waals surface area contributed by atoms with Crippen molar-refractivity contribution in [3.05, 3.63) is 63.9 Å². The van der Waals surface area contributed by atoms with Crippen molar-refractivity contribution < 1.29 is 4.79 Å². The Hall–Kier alpha value is -2.22. The molecule has 0 aliphatic rings. The van der Waals surface area contributed by atoms with E-state index in [-0.39, 0.29) is 11.7 Å². The first-order valence-electron chi connectivity index (χ1n) is 8.49. The number of nitrogens with zero attached hydrogens (tertiary/aromatic N) is 3. The van der Waals surface area contributed by atoms with E-state index in [1.165, 1.54) is 11.8 Å². The van der Waals surface area contributed by atoms with Crippen LogP contribution in [-0.2, 0) is 18.4 Å². The van der Waals surface area contributed by atoms with E-state index in [0.29, 0.717) is 27.4 Å². The summed E-state index contributed by atoms with van der Waals surface area (Å²) in [6.45, 7) is 2.38. The van der Waals surface area contributed by atoms with E-state index in [4.69, 9.17) is 23.2 Å². The number of carbonyl (C=O) groups excluding carboxylic acids is 1. The molecule has 28 heavy (non-hydrogen) atoms. The highest BCUT2D eigenvalue weighted by Crippen LogP contribution is 2.24. The van der Waals surface area contributed by atoms with Gasteiger partial charge in [0, 0.05) is 28.5 Å². The molecule has 0 atom stereocenters. The van der Waals surface area contributed by atoms with E-state index in [0.717, 1.165) is 17.1 Å². The van der Waals surface area contributed by atoms with Crippen LogP contribution < -0.4 is 10.6 Å². The van der Waals surface area contributed by atoms with Gasteiger partial charge in [-0.3, -0.25) is 4.79 Å². The monoisotopic (exact) mass is 435 g/mol. The second kappa shape index (κ2) is 9.32. The summed E-state index contributed by atoms with van der Waals surface area (Å²) in [4.78, 5) is 12.3. The lowest BCUT2D eigenvalue weighted by molar-refractivity contribution is -0.113. The van der Waals surface area contributed by atoms with Gasteiger partial charge in [-0.05, 0) is 48.9 Å². The van der Waals surface area contributed by atoms with E-state index < -0.39 is 0 Å². The lowest BCUT2D eigenvalue weighted by Gasteiger charge is -2.09. The molecule has 0 aliphatic heterocycles. The molecular formula is C19H19Cl2N5OS. The lowest BCUT2D eigenvalue weighted by atomic mass is 10.2. The average molecular weight is 436 g/mol. The molecule has 0 saturated carbocycles. The molecular weight excluding hydrogens is 417 g/mol. The molecule has 0 unspecified atom stereocenters. The van der Waals surface area contributed by atoms with Crippen LogP contribution >= 0.6 is 35.0 Å². The van der Waals surface area contributed by atoms with Crippen molar-refractivity contribution in [3.8, 4) is 0 Å². The zero-order valence-corrected chi connectivity index (χ0v) is 17.7. The molecule has 0 aliphatic carbocycles. The topological polar surface area (TPSA) is 71.8 Å². The molecule has 0 saturated heterocycles. The van der Waals surface area contributed by atoms with Crippen molar-refractivity contribution in [2.45, 2.75) is 18.6 Å². The van der Waals surface area contributed by atoms with Gasteiger partial charge < -0.3 is 15.2 Å². The highest BCUT2D eigenvalue weighted by atomic mass is 35.5. The zero-order chi connectivity index (χ0) is 20.1. The van der Waals surface area contributed by atoms with Gasteiger partial charge in [0.15, 0.2) is 11.0 Å². The fourth-order valence-electron chi connectivity index (χ4n) is 2.43. The third-order valence-electron chi connectivity index (χ3n) is 4.09. The van der Waals surface area contributed by atoms with Crippen molar-refractivity contribution in [1.82, 2.24) is 14.8 Å². The molecule has 6 nitrogen and oxygen atoms in total. The van der Waals surface area contributed by atoms with Gasteiger partial charge in [-0.25, -0.2) is 0 Å². The van der Waals surface area contributed by atoms with Gasteiger partial charge in [0.25, 0.3) is 0 Å². The highest BCUT2D eigenvalue weighted by molar-refractivity contribution is 7.99. The number of hydrogen-bond acceptors (Lipinski definition) is 5. The third kappa shape index (κ3) is 5.19. The SMILES string of the molecule is Cc1c(Cl)cccc1NC(=O)CSc1nnc(CNc2ccc(Cl)cc2)n1C. The number of amides is 1. The molecule has 1 heterocycles. The predicted octanol–water partition coefficient (Wildman–Crippen LogP) is 4.77. The summed E-state index contributed by atoms with van der Waals surface area (Å²) >= 11 is 13.3. The van der Waals surface area contributed by atoms with Crippen LogP contribution in [0.25, 0.3) is 0 Å². The molecule has 9 heteroatoms. The largest absolute Gasteiger partial charge is 0.378 e. The van der Waals surface area contributed by atoms with E-state index in [1.807, 2.05) is 48.9 Å². The Bertz CT molecular complexity index is 975. The molecule has 0 fully saturated rings. The Morgan fingerprint density at radius 2 is 1.89 bits per heavy atom. The number of aromatic nitrogens is 3. The first-order chi connectivity index (χ1) is 13.4. The van der Waals surface area contributed by atoms with E-state index >= 15 is 0 Å². The molecule has 2 N–H and O–H groups in total. The maximum Gasteiger partial charge on any atom is 0.234 e. The average Bonchev–Trinajstić information content (AvgIpc) is 3.03. The van der Waals surface area contributed by atoms with Crippen molar-refractivity contribution in [2.24, 2.45) is 7.05 Å². The lowest BCUT2D eigenvalue weighted by Crippen LogP contribution is -2.15. The Kier molecular flexibility index (Phi) is 6.83. The van der Waals surface area contributed by atoms with Crippen LogP contribution in [-0.4, -0.2) is 26.4 Å². The van der Waals surface area contributed by atoms with Crippen LogP contribution in [0.4, 0.5) is 11.4 Å². The van der Waals surface area contributed by atoms with Crippen molar-refractivity contribution in [2.75, 3.05) is 16.4 Å². The van der Waals surface area contributed by atoms with Crippen LogP contribution in [0.2, 0.25) is 10.0 Å². The summed E-state index contributed by atoms with van der Waals surface area (Å²) < 4.78 is 1.87. The van der Waals surface area contributed by atoms with Crippen LogP contribution in [0.5, 0.6) is 0 Å². The number of halogens is 2. The van der Waals surface area contributed by atoms with Crippen molar-refractivity contribution >= 4 is 52.2 Å². The number of rotatable bonds is 7. The Balaban J connectivity index is 1.54. The number of carbonyl (C=O) groups is 1. The van der Waals surface area contributed by atoms with Crippen LogP contribution in [0, 0.1) is 6.92 Å². The standard InChI is InChI=1S/C19H19Cl2N5OS/c1-12-15(21)4-3-5-16(12)23-18(27)11-28-19-25-24-17(26(19)2)10-22-14-8-6-13(20)7-9-14/h3-9,22H,10-11H2,1-2H3,(H,23,27). The minimum atomic E-state index is -0.126. The minimum absolute atomic E-state index is 0.126. The second-order valence-electron chi connectivity index (χ2n) is 6.07. The summed E-state index contributed by atoms with van der Waals surface area (Å²) in [6.07, 6.45) is 0. The first kappa shape index (κ1) is 20.5.